The predicted octanol–water partition coefficient (Wildman–Crippen LogP) is 4.03. The number of fused-ring (bicyclic) bond motifs is 1. The molecule has 0 spiro atoms. The molecule has 0 aliphatic carbocycles. The van der Waals surface area contributed by atoms with E-state index in [0.717, 1.165) is 10.5 Å². The van der Waals surface area contributed by atoms with E-state index in [-0.39, 0.29) is 35.5 Å². The van der Waals surface area contributed by atoms with Crippen molar-refractivity contribution in [3.63, 3.8) is 0 Å². The van der Waals surface area contributed by atoms with E-state index in [2.05, 4.69) is 4.98 Å². The summed E-state index contributed by atoms with van der Waals surface area (Å²) in [6.07, 6.45) is -2.38. The molecule has 3 aromatic heterocycles. The largest absolute Gasteiger partial charge is 0.472 e. The van der Waals surface area contributed by atoms with Crippen molar-refractivity contribution in [1.29, 1.82) is 0 Å². The lowest BCUT2D eigenvalue weighted by molar-refractivity contribution is -0.136. The molecule has 0 aromatic carbocycles. The number of piperidine rings is 1. The number of alkyl halides is 3. The Kier molecular flexibility index (Phi) is 5.67. The zero-order valence-electron chi connectivity index (χ0n) is 18.3. The number of amides is 2. The monoisotopic (exact) mass is 512 g/mol. The maximum Gasteiger partial charge on any atom is 0.420 e. The number of likely N-dealkylation sites (tertiary alicyclic amines) is 1. The van der Waals surface area contributed by atoms with Crippen molar-refractivity contribution in [2.45, 2.75) is 44.3 Å². The Morgan fingerprint density at radius 2 is 1.97 bits per heavy atom. The molecular formula is C22H20ClF3N4O5. The van der Waals surface area contributed by atoms with Crippen molar-refractivity contribution in [3.8, 4) is 11.1 Å². The number of nitrogens with zero attached hydrogens (tertiary/aromatic N) is 4. The molecule has 2 atom stereocenters. The lowest BCUT2D eigenvalue weighted by Crippen LogP contribution is -2.50. The molecule has 2 saturated heterocycles. The maximum absolute atomic E-state index is 13.8. The van der Waals surface area contributed by atoms with E-state index >= 15 is 0 Å². The number of pyridine rings is 1. The van der Waals surface area contributed by atoms with Crippen LogP contribution in [0, 0.1) is 0 Å². The molecule has 3 aromatic rings. The number of ether oxygens (including phenoxy) is 1. The number of cyclic esters (lactones) is 1. The standard InChI is InChI=1S/C22H20ClF3N4O5/c1-11-19(31)30(21(33)35-11)14-2-5-28(6-3-14)20(32)16-17(23)29-9-13(12-4-7-34-10-12)8-15(18(29)27-16)22(24,25)26/h4,7-11,14,19,31H,2-3,5-6H2,1H3. The highest BCUT2D eigenvalue weighted by Crippen LogP contribution is 2.37. The van der Waals surface area contributed by atoms with Gasteiger partial charge in [0, 0.05) is 36.5 Å². The number of hydrogen-bond acceptors (Lipinski definition) is 6. The van der Waals surface area contributed by atoms with E-state index in [1.54, 1.807) is 6.92 Å². The van der Waals surface area contributed by atoms with Gasteiger partial charge in [-0.15, -0.1) is 0 Å². The molecule has 0 saturated carbocycles. The number of rotatable bonds is 3. The van der Waals surface area contributed by atoms with Crippen LogP contribution in [0.15, 0.2) is 35.3 Å². The normalized spacial score (nSPS) is 21.7. The summed E-state index contributed by atoms with van der Waals surface area (Å²) in [5.41, 5.74) is -1.21. The van der Waals surface area contributed by atoms with E-state index < -0.39 is 41.7 Å². The molecule has 0 radical (unpaired) electrons. The van der Waals surface area contributed by atoms with Gasteiger partial charge in [0.1, 0.15) is 11.3 Å². The smallest absolute Gasteiger partial charge is 0.420 e. The van der Waals surface area contributed by atoms with Gasteiger partial charge in [-0.05, 0) is 31.9 Å². The Morgan fingerprint density at radius 3 is 2.54 bits per heavy atom. The third kappa shape index (κ3) is 4.00. The molecule has 1 N–H and O–H groups in total. The van der Waals surface area contributed by atoms with E-state index in [0.29, 0.717) is 18.4 Å². The van der Waals surface area contributed by atoms with Gasteiger partial charge < -0.3 is 19.2 Å². The second-order valence-corrected chi connectivity index (χ2v) is 8.89. The van der Waals surface area contributed by atoms with Crippen LogP contribution in [0.4, 0.5) is 18.0 Å². The van der Waals surface area contributed by atoms with Crippen molar-refractivity contribution in [2.75, 3.05) is 13.1 Å². The van der Waals surface area contributed by atoms with Crippen molar-refractivity contribution >= 4 is 29.2 Å². The van der Waals surface area contributed by atoms with E-state index in [1.165, 1.54) is 34.6 Å². The van der Waals surface area contributed by atoms with Gasteiger partial charge in [0.25, 0.3) is 5.91 Å². The molecule has 9 nitrogen and oxygen atoms in total. The fourth-order valence-corrected chi connectivity index (χ4v) is 4.78. The van der Waals surface area contributed by atoms with Crippen LogP contribution in [-0.4, -0.2) is 67.8 Å². The highest BCUT2D eigenvalue weighted by molar-refractivity contribution is 6.33. The highest BCUT2D eigenvalue weighted by atomic mass is 35.5. The summed E-state index contributed by atoms with van der Waals surface area (Å²) >= 11 is 6.37. The predicted molar refractivity (Wildman–Crippen MR) is 116 cm³/mol. The Labute approximate surface area is 201 Å². The fourth-order valence-electron chi connectivity index (χ4n) is 4.53. The highest BCUT2D eigenvalue weighted by Gasteiger charge is 2.43. The van der Waals surface area contributed by atoms with E-state index in [1.807, 2.05) is 0 Å². The summed E-state index contributed by atoms with van der Waals surface area (Å²) in [7, 11) is 0. The van der Waals surface area contributed by atoms with Crippen LogP contribution < -0.4 is 0 Å². The maximum atomic E-state index is 13.8. The minimum absolute atomic E-state index is 0.197. The molecule has 13 heteroatoms. The number of aliphatic hydroxyl groups excluding tert-OH is 1. The quantitative estimate of drug-likeness (QED) is 0.569. The second-order valence-electron chi connectivity index (χ2n) is 8.53. The molecule has 35 heavy (non-hydrogen) atoms. The van der Waals surface area contributed by atoms with Gasteiger partial charge in [-0.1, -0.05) is 11.6 Å². The number of aliphatic hydroxyl groups is 1. The third-order valence-electron chi connectivity index (χ3n) is 6.37. The Balaban J connectivity index is 1.43. The molecule has 2 fully saturated rings. The first kappa shape index (κ1) is 23.5. The topological polar surface area (TPSA) is 101 Å². The summed E-state index contributed by atoms with van der Waals surface area (Å²) < 4.78 is 52.6. The minimum Gasteiger partial charge on any atom is -0.472 e. The lowest BCUT2D eigenvalue weighted by Gasteiger charge is -2.36. The second kappa shape index (κ2) is 8.45. The van der Waals surface area contributed by atoms with Crippen LogP contribution in [0.2, 0.25) is 5.15 Å². The average Bonchev–Trinajstić information content (AvgIpc) is 3.52. The number of carbonyl (C=O) groups is 2. The van der Waals surface area contributed by atoms with Crippen LogP contribution >= 0.6 is 11.6 Å². The number of halogens is 4. The third-order valence-corrected chi connectivity index (χ3v) is 6.73. The summed E-state index contributed by atoms with van der Waals surface area (Å²) in [5, 5.41) is 9.96. The molecule has 5 rings (SSSR count). The van der Waals surface area contributed by atoms with E-state index in [9.17, 15) is 27.9 Å². The van der Waals surface area contributed by atoms with Gasteiger partial charge >= 0.3 is 12.3 Å². The zero-order valence-corrected chi connectivity index (χ0v) is 19.1. The number of carbonyl (C=O) groups excluding carboxylic acids is 2. The summed E-state index contributed by atoms with van der Waals surface area (Å²) in [4.78, 5) is 31.9. The average molecular weight is 513 g/mol. The molecular weight excluding hydrogens is 493 g/mol. The number of hydrogen-bond donors (Lipinski definition) is 1. The number of imidazole rings is 1. The van der Waals surface area contributed by atoms with Crippen molar-refractivity contribution in [3.05, 3.63) is 47.3 Å². The molecule has 0 bridgehead atoms. The Morgan fingerprint density at radius 1 is 1.26 bits per heavy atom. The molecule has 2 amide bonds. The summed E-state index contributed by atoms with van der Waals surface area (Å²) in [6, 6.07) is 2.11. The Hall–Kier alpha value is -3.25. The van der Waals surface area contributed by atoms with Gasteiger partial charge in [-0.3, -0.25) is 14.1 Å². The molecule has 5 heterocycles. The first-order valence-corrected chi connectivity index (χ1v) is 11.2. The fraction of sp³-hybridized carbons (Fsp3) is 0.409. The van der Waals surface area contributed by atoms with Crippen molar-refractivity contribution in [2.24, 2.45) is 0 Å². The van der Waals surface area contributed by atoms with Crippen LogP contribution in [0.25, 0.3) is 16.8 Å². The first-order chi connectivity index (χ1) is 16.6. The molecule has 2 aliphatic heterocycles. The van der Waals surface area contributed by atoms with Crippen LogP contribution in [0.5, 0.6) is 0 Å². The lowest BCUT2D eigenvalue weighted by atomic mass is 10.0. The molecule has 186 valence electrons. The van der Waals surface area contributed by atoms with Crippen molar-refractivity contribution in [1.82, 2.24) is 19.2 Å². The van der Waals surface area contributed by atoms with Crippen molar-refractivity contribution < 1.29 is 37.0 Å². The van der Waals surface area contributed by atoms with Gasteiger partial charge in [0.15, 0.2) is 17.6 Å². The Bertz CT molecular complexity index is 1280. The van der Waals surface area contributed by atoms with Gasteiger partial charge in [-0.25, -0.2) is 9.78 Å². The number of furan rings is 1. The first-order valence-electron chi connectivity index (χ1n) is 10.8. The zero-order chi connectivity index (χ0) is 25.1. The van der Waals surface area contributed by atoms with Crippen LogP contribution in [-0.2, 0) is 10.9 Å². The van der Waals surface area contributed by atoms with Gasteiger partial charge in [0.05, 0.1) is 18.1 Å². The summed E-state index contributed by atoms with van der Waals surface area (Å²) in [5.74, 6) is -0.618. The van der Waals surface area contributed by atoms with Gasteiger partial charge in [-0.2, -0.15) is 13.2 Å². The SMILES string of the molecule is CC1OC(=O)N(C2CCN(C(=O)c3nc4c(C(F)(F)F)cc(-c5ccoc5)cn4c3Cl)CC2)C1O. The minimum atomic E-state index is -4.74. The van der Waals surface area contributed by atoms with Crippen LogP contribution in [0.1, 0.15) is 35.8 Å². The molecule has 2 aliphatic rings. The molecule has 2 unspecified atom stereocenters. The summed E-state index contributed by atoms with van der Waals surface area (Å²) in [6.45, 7) is 1.98. The van der Waals surface area contributed by atoms with Gasteiger partial charge in [0.2, 0.25) is 0 Å². The van der Waals surface area contributed by atoms with E-state index in [4.69, 9.17) is 20.8 Å². The number of aromatic nitrogens is 2. The van der Waals surface area contributed by atoms with Crippen LogP contribution in [0.3, 0.4) is 0 Å².